The van der Waals surface area contributed by atoms with E-state index in [1.165, 1.54) is 24.0 Å². The molecule has 0 saturated heterocycles. The van der Waals surface area contributed by atoms with Crippen molar-refractivity contribution in [1.29, 1.82) is 0 Å². The number of nitrogens with one attached hydrogen (secondary N) is 1. The topological polar surface area (TPSA) is 29.9 Å². The second-order valence-corrected chi connectivity index (χ2v) is 7.63. The van der Waals surface area contributed by atoms with Gasteiger partial charge in [-0.25, -0.2) is 4.68 Å². The van der Waals surface area contributed by atoms with Gasteiger partial charge in [-0.3, -0.25) is 0 Å². The number of benzene rings is 1. The van der Waals surface area contributed by atoms with Crippen molar-refractivity contribution < 1.29 is 0 Å². The molecule has 4 rings (SSSR count). The minimum absolute atomic E-state index is 0.806. The molecule has 0 fully saturated rings. The maximum atomic E-state index is 6.14. The van der Waals surface area contributed by atoms with Crippen LogP contribution in [-0.2, 0) is 6.42 Å². The summed E-state index contributed by atoms with van der Waals surface area (Å²) < 4.78 is 2.85. The zero-order valence-corrected chi connectivity index (χ0v) is 14.5. The number of rotatable bonds is 2. The summed E-state index contributed by atoms with van der Waals surface area (Å²) in [6.45, 7) is 3.10. The van der Waals surface area contributed by atoms with Gasteiger partial charge in [0.15, 0.2) is 0 Å². The van der Waals surface area contributed by atoms with Crippen molar-refractivity contribution in [2.45, 2.75) is 26.2 Å². The Balaban J connectivity index is 1.89. The number of anilines is 1. The highest BCUT2D eigenvalue weighted by Crippen LogP contribution is 2.38. The number of nitrogens with zero attached hydrogens (tertiary/aromatic N) is 2. The lowest BCUT2D eigenvalue weighted by atomic mass is 10.1. The fraction of sp³-hybridized carbons (Fsp3) is 0.278. The summed E-state index contributed by atoms with van der Waals surface area (Å²) in [5, 5.41) is 8.50. The van der Waals surface area contributed by atoms with Crippen LogP contribution < -0.4 is 5.32 Å². The van der Waals surface area contributed by atoms with Crippen LogP contribution in [0.15, 0.2) is 36.4 Å². The molecule has 0 radical (unpaired) electrons. The third-order valence-corrected chi connectivity index (χ3v) is 5.45. The minimum atomic E-state index is 0.806. The Morgan fingerprint density at radius 2 is 1.96 bits per heavy atom. The Morgan fingerprint density at radius 3 is 2.70 bits per heavy atom. The molecule has 1 aromatic carbocycles. The summed E-state index contributed by atoms with van der Waals surface area (Å²) in [4.78, 5) is 1.14. The molecular weight excluding hydrogens is 326 g/mol. The van der Waals surface area contributed by atoms with Crippen LogP contribution in [0.3, 0.4) is 0 Å². The van der Waals surface area contributed by atoms with Crippen LogP contribution in [0.4, 0.5) is 5.82 Å². The summed E-state index contributed by atoms with van der Waals surface area (Å²) in [7, 11) is 0. The zero-order chi connectivity index (χ0) is 15.8. The lowest BCUT2D eigenvalue weighted by Gasteiger charge is -2.09. The molecule has 0 amide bonds. The van der Waals surface area contributed by atoms with E-state index in [4.69, 9.17) is 16.7 Å². The van der Waals surface area contributed by atoms with Crippen molar-refractivity contribution in [3.63, 3.8) is 0 Å². The summed E-state index contributed by atoms with van der Waals surface area (Å²) in [6, 6.07) is 12.5. The normalized spacial score (nSPS) is 14.2. The van der Waals surface area contributed by atoms with Gasteiger partial charge in [-0.15, -0.1) is 11.3 Å². The number of halogens is 1. The van der Waals surface area contributed by atoms with E-state index in [0.29, 0.717) is 0 Å². The number of aromatic nitrogens is 2. The molecule has 0 unspecified atom stereocenters. The predicted octanol–water partition coefficient (Wildman–Crippen LogP) is 5.31. The molecule has 0 atom stereocenters. The smallest absolute Gasteiger partial charge is 0.133 e. The van der Waals surface area contributed by atoms with Gasteiger partial charge in [-0.2, -0.15) is 5.10 Å². The molecule has 3 heterocycles. The van der Waals surface area contributed by atoms with Gasteiger partial charge in [0.25, 0.3) is 0 Å². The summed E-state index contributed by atoms with van der Waals surface area (Å²) >= 11 is 7.73. The van der Waals surface area contributed by atoms with Gasteiger partial charge in [0.05, 0.1) is 14.9 Å². The average molecular weight is 344 g/mol. The first kappa shape index (κ1) is 14.8. The van der Waals surface area contributed by atoms with Crippen LogP contribution in [0.5, 0.6) is 0 Å². The summed E-state index contributed by atoms with van der Waals surface area (Å²) in [5.41, 5.74) is 4.72. The Hall–Kier alpha value is -1.78. The summed E-state index contributed by atoms with van der Waals surface area (Å²) in [5.74, 6) is 1.13. The summed E-state index contributed by atoms with van der Waals surface area (Å²) in [6.07, 6.45) is 3.43. The van der Waals surface area contributed by atoms with Crippen molar-refractivity contribution in [3.05, 3.63) is 51.9 Å². The Bertz CT molecular complexity index is 833. The highest BCUT2D eigenvalue weighted by molar-refractivity contribution is 7.19. The van der Waals surface area contributed by atoms with Gasteiger partial charge < -0.3 is 5.32 Å². The first-order valence-corrected chi connectivity index (χ1v) is 9.10. The van der Waals surface area contributed by atoms with E-state index >= 15 is 0 Å². The third kappa shape index (κ3) is 2.77. The second kappa shape index (κ2) is 6.02. The quantitative estimate of drug-likeness (QED) is 0.683. The van der Waals surface area contributed by atoms with Gasteiger partial charge in [-0.05, 0) is 50.5 Å². The molecular formula is C18H18ClN3S. The van der Waals surface area contributed by atoms with Crippen LogP contribution >= 0.6 is 22.9 Å². The molecule has 2 aromatic heterocycles. The van der Waals surface area contributed by atoms with Crippen LogP contribution in [0.25, 0.3) is 16.3 Å². The van der Waals surface area contributed by atoms with Crippen molar-refractivity contribution in [3.8, 4) is 16.3 Å². The second-order valence-electron chi connectivity index (χ2n) is 5.91. The molecule has 0 aliphatic carbocycles. The molecule has 118 valence electrons. The van der Waals surface area contributed by atoms with Crippen LogP contribution in [0.1, 0.15) is 24.0 Å². The number of hydrogen-bond acceptors (Lipinski definition) is 3. The van der Waals surface area contributed by atoms with E-state index in [0.717, 1.165) is 39.4 Å². The zero-order valence-electron chi connectivity index (χ0n) is 13.0. The van der Waals surface area contributed by atoms with Gasteiger partial charge in [0.1, 0.15) is 11.5 Å². The number of hydrogen-bond donors (Lipinski definition) is 1. The highest BCUT2D eigenvalue weighted by Gasteiger charge is 2.22. The van der Waals surface area contributed by atoms with Crippen molar-refractivity contribution in [2.24, 2.45) is 0 Å². The highest BCUT2D eigenvalue weighted by atomic mass is 35.5. The number of fused-ring (bicyclic) bond motifs is 1. The first-order chi connectivity index (χ1) is 11.2. The van der Waals surface area contributed by atoms with E-state index in [1.54, 1.807) is 11.3 Å². The van der Waals surface area contributed by atoms with Crippen LogP contribution in [-0.4, -0.2) is 16.3 Å². The third-order valence-electron chi connectivity index (χ3n) is 4.21. The molecule has 0 spiro atoms. The minimum Gasteiger partial charge on any atom is -0.370 e. The molecule has 0 saturated carbocycles. The fourth-order valence-electron chi connectivity index (χ4n) is 3.01. The number of aryl methyl sites for hydroxylation is 1. The van der Waals surface area contributed by atoms with Gasteiger partial charge in [-0.1, -0.05) is 29.3 Å². The van der Waals surface area contributed by atoms with E-state index in [9.17, 15) is 0 Å². The fourth-order valence-corrected chi connectivity index (χ4v) is 4.07. The maximum Gasteiger partial charge on any atom is 0.133 e. The molecule has 0 bridgehead atoms. The molecule has 3 aromatic rings. The van der Waals surface area contributed by atoms with Gasteiger partial charge in [0, 0.05) is 12.1 Å². The standard InChI is InChI=1S/C18H18ClN3S/c1-12-5-7-13(8-6-12)22-18-14(4-2-3-11-20-18)17(21-22)15-9-10-16(19)23-15/h5-10,20H,2-4,11H2,1H3. The van der Waals surface area contributed by atoms with E-state index in [-0.39, 0.29) is 0 Å². The first-order valence-electron chi connectivity index (χ1n) is 7.91. The van der Waals surface area contributed by atoms with Gasteiger partial charge in [0.2, 0.25) is 0 Å². The Kier molecular flexibility index (Phi) is 3.87. The van der Waals surface area contributed by atoms with Crippen molar-refractivity contribution in [2.75, 3.05) is 11.9 Å². The largest absolute Gasteiger partial charge is 0.370 e. The average Bonchev–Trinajstić information content (AvgIpc) is 3.04. The molecule has 3 nitrogen and oxygen atoms in total. The monoisotopic (exact) mass is 343 g/mol. The Morgan fingerprint density at radius 1 is 1.13 bits per heavy atom. The van der Waals surface area contributed by atoms with Crippen molar-refractivity contribution in [1.82, 2.24) is 9.78 Å². The molecule has 5 heteroatoms. The number of thiophene rings is 1. The molecule has 23 heavy (non-hydrogen) atoms. The molecule has 1 aliphatic rings. The lowest BCUT2D eigenvalue weighted by molar-refractivity contribution is 0.780. The predicted molar refractivity (Wildman–Crippen MR) is 98.1 cm³/mol. The van der Waals surface area contributed by atoms with Crippen molar-refractivity contribution >= 4 is 28.8 Å². The Labute approximate surface area is 144 Å². The molecule has 1 N–H and O–H groups in total. The molecule has 1 aliphatic heterocycles. The SMILES string of the molecule is Cc1ccc(-n2nc(-c3ccc(Cl)s3)c3c2NCCCC3)cc1. The van der Waals surface area contributed by atoms with Crippen LogP contribution in [0, 0.1) is 6.92 Å². The van der Waals surface area contributed by atoms with E-state index in [2.05, 4.69) is 42.6 Å². The lowest BCUT2D eigenvalue weighted by Crippen LogP contribution is -2.07. The van der Waals surface area contributed by atoms with Gasteiger partial charge >= 0.3 is 0 Å². The maximum absolute atomic E-state index is 6.14. The van der Waals surface area contributed by atoms with Crippen LogP contribution in [0.2, 0.25) is 4.34 Å². The van der Waals surface area contributed by atoms with E-state index < -0.39 is 0 Å². The van der Waals surface area contributed by atoms with E-state index in [1.807, 2.05) is 10.7 Å².